The van der Waals surface area contributed by atoms with Crippen LogP contribution in [0.3, 0.4) is 0 Å². The fourth-order valence-corrected chi connectivity index (χ4v) is 3.93. The molecule has 1 aromatic carbocycles. The summed E-state index contributed by atoms with van der Waals surface area (Å²) in [5.74, 6) is 1.04. The lowest BCUT2D eigenvalue weighted by Crippen LogP contribution is -2.42. The van der Waals surface area contributed by atoms with E-state index in [2.05, 4.69) is 19.2 Å². The number of anilines is 1. The lowest BCUT2D eigenvalue weighted by molar-refractivity contribution is 0.0623. The monoisotopic (exact) mass is 342 g/mol. The number of hydrogen-bond donors (Lipinski definition) is 1. The number of carbonyl (C=O) groups is 2. The van der Waals surface area contributed by atoms with E-state index in [0.29, 0.717) is 28.0 Å². The highest BCUT2D eigenvalue weighted by Gasteiger charge is 2.26. The number of amides is 2. The van der Waals surface area contributed by atoms with Crippen molar-refractivity contribution in [2.75, 3.05) is 18.4 Å². The maximum absolute atomic E-state index is 12.7. The Hall–Kier alpha value is -2.14. The zero-order valence-electron chi connectivity index (χ0n) is 14.0. The third-order valence-corrected chi connectivity index (χ3v) is 5.16. The minimum atomic E-state index is -0.122. The van der Waals surface area contributed by atoms with Crippen molar-refractivity contribution in [2.24, 2.45) is 11.8 Å². The maximum Gasteiger partial charge on any atom is 0.265 e. The number of hydrogen-bond acceptors (Lipinski definition) is 3. The van der Waals surface area contributed by atoms with Gasteiger partial charge in [-0.3, -0.25) is 9.59 Å². The molecule has 2 aromatic rings. The third kappa shape index (κ3) is 3.85. The Labute approximate surface area is 146 Å². The van der Waals surface area contributed by atoms with Gasteiger partial charge in [-0.05, 0) is 54.0 Å². The molecular formula is C19H22N2O2S. The molecule has 0 spiro atoms. The molecule has 0 radical (unpaired) electrons. The quantitative estimate of drug-likeness (QED) is 0.912. The average Bonchev–Trinajstić information content (AvgIpc) is 3.08. The van der Waals surface area contributed by atoms with Crippen LogP contribution in [0, 0.1) is 11.8 Å². The number of benzene rings is 1. The number of likely N-dealkylation sites (tertiary alicyclic amines) is 1. The fraction of sp³-hybridized carbons (Fsp3) is 0.368. The van der Waals surface area contributed by atoms with E-state index >= 15 is 0 Å². The van der Waals surface area contributed by atoms with Crippen molar-refractivity contribution in [1.29, 1.82) is 0 Å². The van der Waals surface area contributed by atoms with Crippen LogP contribution in [0.2, 0.25) is 0 Å². The predicted molar refractivity (Wildman–Crippen MR) is 97.6 cm³/mol. The Bertz CT molecular complexity index is 699. The van der Waals surface area contributed by atoms with Gasteiger partial charge in [-0.15, -0.1) is 11.3 Å². The minimum Gasteiger partial charge on any atom is -0.338 e. The first kappa shape index (κ1) is 16.7. The second-order valence-corrected chi connectivity index (χ2v) is 7.61. The fourth-order valence-electron chi connectivity index (χ4n) is 3.31. The van der Waals surface area contributed by atoms with Gasteiger partial charge >= 0.3 is 0 Å². The Kier molecular flexibility index (Phi) is 5.00. The van der Waals surface area contributed by atoms with Gasteiger partial charge < -0.3 is 10.2 Å². The minimum absolute atomic E-state index is 0.0736. The molecule has 2 heterocycles. The molecule has 1 saturated heterocycles. The first-order valence-corrected chi connectivity index (χ1v) is 9.15. The normalized spacial score (nSPS) is 20.7. The molecule has 5 heteroatoms. The van der Waals surface area contributed by atoms with Crippen molar-refractivity contribution in [3.63, 3.8) is 0 Å². The Morgan fingerprint density at radius 2 is 1.75 bits per heavy atom. The van der Waals surface area contributed by atoms with Crippen LogP contribution in [0.25, 0.3) is 0 Å². The van der Waals surface area contributed by atoms with Crippen LogP contribution in [-0.2, 0) is 0 Å². The van der Waals surface area contributed by atoms with E-state index in [1.807, 2.05) is 16.3 Å². The molecule has 3 rings (SSSR count). The molecule has 0 aliphatic carbocycles. The molecule has 126 valence electrons. The van der Waals surface area contributed by atoms with Gasteiger partial charge in [-0.25, -0.2) is 0 Å². The molecule has 1 N–H and O–H groups in total. The summed E-state index contributed by atoms with van der Waals surface area (Å²) >= 11 is 1.40. The summed E-state index contributed by atoms with van der Waals surface area (Å²) in [7, 11) is 0. The summed E-state index contributed by atoms with van der Waals surface area (Å²) < 4.78 is 0. The Morgan fingerprint density at radius 1 is 1.08 bits per heavy atom. The smallest absolute Gasteiger partial charge is 0.265 e. The third-order valence-electron chi connectivity index (χ3n) is 4.29. The van der Waals surface area contributed by atoms with Crippen molar-refractivity contribution < 1.29 is 9.59 Å². The topological polar surface area (TPSA) is 49.4 Å². The summed E-state index contributed by atoms with van der Waals surface area (Å²) in [4.78, 5) is 27.3. The molecule has 24 heavy (non-hydrogen) atoms. The molecule has 1 aliphatic heterocycles. The van der Waals surface area contributed by atoms with Gasteiger partial charge in [0.1, 0.15) is 0 Å². The molecule has 0 saturated carbocycles. The molecule has 1 aliphatic rings. The van der Waals surface area contributed by atoms with Gasteiger partial charge in [0.05, 0.1) is 4.88 Å². The second kappa shape index (κ2) is 7.18. The van der Waals surface area contributed by atoms with E-state index in [4.69, 9.17) is 0 Å². The number of carbonyl (C=O) groups excluding carboxylic acids is 2. The Balaban J connectivity index is 1.65. The zero-order valence-corrected chi connectivity index (χ0v) is 14.8. The van der Waals surface area contributed by atoms with Crippen LogP contribution in [-0.4, -0.2) is 29.8 Å². The largest absolute Gasteiger partial charge is 0.338 e. The van der Waals surface area contributed by atoms with Gasteiger partial charge in [0.25, 0.3) is 11.8 Å². The second-order valence-electron chi connectivity index (χ2n) is 6.66. The van der Waals surface area contributed by atoms with Crippen molar-refractivity contribution in [1.82, 2.24) is 4.90 Å². The van der Waals surface area contributed by atoms with Crippen LogP contribution >= 0.6 is 11.3 Å². The lowest BCUT2D eigenvalue weighted by Gasteiger charge is -2.35. The molecule has 1 fully saturated rings. The summed E-state index contributed by atoms with van der Waals surface area (Å²) in [5, 5.41) is 4.72. The van der Waals surface area contributed by atoms with Gasteiger partial charge in [-0.2, -0.15) is 0 Å². The van der Waals surface area contributed by atoms with Crippen LogP contribution in [0.4, 0.5) is 5.69 Å². The number of nitrogens with zero attached hydrogens (tertiary/aromatic N) is 1. The maximum atomic E-state index is 12.7. The zero-order chi connectivity index (χ0) is 17.1. The van der Waals surface area contributed by atoms with Crippen molar-refractivity contribution >= 4 is 28.8 Å². The number of nitrogens with one attached hydrogen (secondary N) is 1. The molecule has 2 amide bonds. The summed E-state index contributed by atoms with van der Waals surface area (Å²) in [6, 6.07) is 10.8. The highest BCUT2D eigenvalue weighted by atomic mass is 32.1. The summed E-state index contributed by atoms with van der Waals surface area (Å²) in [6.07, 6.45) is 1.18. The summed E-state index contributed by atoms with van der Waals surface area (Å²) in [5.41, 5.74) is 1.37. The number of piperidine rings is 1. The van der Waals surface area contributed by atoms with E-state index in [0.717, 1.165) is 13.1 Å². The molecular weight excluding hydrogens is 320 g/mol. The van der Waals surface area contributed by atoms with E-state index in [1.54, 1.807) is 30.3 Å². The lowest BCUT2D eigenvalue weighted by atomic mass is 9.91. The first-order chi connectivity index (χ1) is 11.5. The highest BCUT2D eigenvalue weighted by Crippen LogP contribution is 2.23. The van der Waals surface area contributed by atoms with Gasteiger partial charge in [-0.1, -0.05) is 19.9 Å². The highest BCUT2D eigenvalue weighted by molar-refractivity contribution is 7.12. The SMILES string of the molecule is C[C@@H]1C[C@@H](C)CN(C(=O)c2ccc(NC(=O)c3cccs3)cc2)C1. The molecule has 2 atom stereocenters. The standard InChI is InChI=1S/C19H22N2O2S/c1-13-10-14(2)12-21(11-13)19(23)15-5-7-16(8-6-15)20-18(22)17-4-3-9-24-17/h3-9,13-14H,10-12H2,1-2H3,(H,20,22)/t13-,14-/m1/s1. The molecule has 1 aromatic heterocycles. The van der Waals surface area contributed by atoms with Gasteiger partial charge in [0, 0.05) is 24.3 Å². The molecule has 0 unspecified atom stereocenters. The van der Waals surface area contributed by atoms with Crippen LogP contribution in [0.15, 0.2) is 41.8 Å². The van der Waals surface area contributed by atoms with Gasteiger partial charge in [0.2, 0.25) is 0 Å². The molecule has 4 nitrogen and oxygen atoms in total. The average molecular weight is 342 g/mol. The summed E-state index contributed by atoms with van der Waals surface area (Å²) in [6.45, 7) is 6.03. The molecule has 0 bridgehead atoms. The van der Waals surface area contributed by atoms with Crippen LogP contribution in [0.5, 0.6) is 0 Å². The van der Waals surface area contributed by atoms with Crippen molar-refractivity contribution in [2.45, 2.75) is 20.3 Å². The predicted octanol–water partition coefficient (Wildman–Crippen LogP) is 4.12. The van der Waals surface area contributed by atoms with E-state index in [9.17, 15) is 9.59 Å². The Morgan fingerprint density at radius 3 is 2.33 bits per heavy atom. The van der Waals surface area contributed by atoms with Crippen molar-refractivity contribution in [3.05, 3.63) is 52.2 Å². The number of rotatable bonds is 3. The van der Waals surface area contributed by atoms with Gasteiger partial charge in [0.15, 0.2) is 0 Å². The first-order valence-electron chi connectivity index (χ1n) is 8.27. The van der Waals surface area contributed by atoms with E-state index < -0.39 is 0 Å². The van der Waals surface area contributed by atoms with Crippen LogP contribution in [0.1, 0.15) is 40.3 Å². The van der Waals surface area contributed by atoms with E-state index in [-0.39, 0.29) is 11.8 Å². The van der Waals surface area contributed by atoms with Crippen molar-refractivity contribution in [3.8, 4) is 0 Å². The van der Waals surface area contributed by atoms with E-state index in [1.165, 1.54) is 17.8 Å². The number of thiophene rings is 1. The van der Waals surface area contributed by atoms with Crippen LogP contribution < -0.4 is 5.32 Å².